The Hall–Kier alpha value is -2.90. The number of anilines is 1. The fourth-order valence-corrected chi connectivity index (χ4v) is 4.07. The molecule has 0 atom stereocenters. The number of carbonyl (C=O) groups excluding carboxylic acids is 1. The number of benzene rings is 2. The summed E-state index contributed by atoms with van der Waals surface area (Å²) in [6, 6.07) is 11.1. The van der Waals surface area contributed by atoms with Gasteiger partial charge in [-0.05, 0) is 35.9 Å². The first kappa shape index (κ1) is 22.3. The van der Waals surface area contributed by atoms with Gasteiger partial charge in [-0.15, -0.1) is 0 Å². The summed E-state index contributed by atoms with van der Waals surface area (Å²) >= 11 is 12.2. The van der Waals surface area contributed by atoms with Crippen molar-refractivity contribution in [3.8, 4) is 17.1 Å². The van der Waals surface area contributed by atoms with Gasteiger partial charge in [0.2, 0.25) is 0 Å². The molecule has 1 saturated heterocycles. The van der Waals surface area contributed by atoms with Crippen molar-refractivity contribution in [2.45, 2.75) is 13.5 Å². The number of urea groups is 1. The standard InChI is InChI=1S/C23H24Cl2N4O3/c1-15-26-14-22(32-15)19-5-4-18(12-21(19)31-2)28-7-9-29(10-8-28)23(30)27-13-16-11-17(24)3-6-20(16)25/h3-6,11-12,14H,7-10,13H2,1-2H3,(H,27,30). The number of piperazine rings is 1. The van der Waals surface area contributed by atoms with Gasteiger partial charge in [0.15, 0.2) is 11.7 Å². The molecule has 4 rings (SSSR count). The quantitative estimate of drug-likeness (QED) is 0.563. The fourth-order valence-electron chi connectivity index (χ4n) is 3.70. The molecule has 1 fully saturated rings. The third-order valence-corrected chi connectivity index (χ3v) is 6.05. The van der Waals surface area contributed by atoms with Crippen LogP contribution in [0.5, 0.6) is 5.75 Å². The number of aryl methyl sites for hydroxylation is 1. The van der Waals surface area contributed by atoms with Gasteiger partial charge in [0.25, 0.3) is 0 Å². The number of carbonyl (C=O) groups is 1. The molecule has 3 aromatic rings. The van der Waals surface area contributed by atoms with Gasteiger partial charge in [0, 0.05) is 61.4 Å². The molecule has 1 N–H and O–H groups in total. The molecule has 2 amide bonds. The zero-order chi connectivity index (χ0) is 22.7. The van der Waals surface area contributed by atoms with Gasteiger partial charge in [-0.2, -0.15) is 0 Å². The Bertz CT molecular complexity index is 1110. The van der Waals surface area contributed by atoms with E-state index in [1.807, 2.05) is 25.1 Å². The monoisotopic (exact) mass is 474 g/mol. The summed E-state index contributed by atoms with van der Waals surface area (Å²) in [6.45, 7) is 4.80. The van der Waals surface area contributed by atoms with Gasteiger partial charge >= 0.3 is 6.03 Å². The molecule has 32 heavy (non-hydrogen) atoms. The van der Waals surface area contributed by atoms with Crippen LogP contribution in [0, 0.1) is 6.92 Å². The normalized spacial score (nSPS) is 13.9. The molecule has 7 nitrogen and oxygen atoms in total. The number of nitrogens with zero attached hydrogens (tertiary/aromatic N) is 3. The van der Waals surface area contributed by atoms with Gasteiger partial charge < -0.3 is 24.3 Å². The first-order valence-corrected chi connectivity index (χ1v) is 11.0. The Morgan fingerprint density at radius 2 is 1.94 bits per heavy atom. The number of methoxy groups -OCH3 is 1. The highest BCUT2D eigenvalue weighted by Crippen LogP contribution is 2.34. The first-order valence-electron chi connectivity index (χ1n) is 10.3. The lowest BCUT2D eigenvalue weighted by molar-refractivity contribution is 0.194. The summed E-state index contributed by atoms with van der Waals surface area (Å²) < 4.78 is 11.2. The summed E-state index contributed by atoms with van der Waals surface area (Å²) in [4.78, 5) is 20.8. The van der Waals surface area contributed by atoms with Crippen LogP contribution in [-0.2, 0) is 6.54 Å². The van der Waals surface area contributed by atoms with Crippen molar-refractivity contribution in [2.75, 3.05) is 38.2 Å². The van der Waals surface area contributed by atoms with Gasteiger partial charge in [0.1, 0.15) is 5.75 Å². The van der Waals surface area contributed by atoms with Crippen molar-refractivity contribution in [2.24, 2.45) is 0 Å². The maximum Gasteiger partial charge on any atom is 0.317 e. The molecule has 0 unspecified atom stereocenters. The molecular formula is C23H24Cl2N4O3. The molecule has 2 heterocycles. The maximum absolute atomic E-state index is 12.6. The maximum atomic E-state index is 12.6. The van der Waals surface area contributed by atoms with Crippen molar-refractivity contribution in [1.29, 1.82) is 0 Å². The number of hydrogen-bond donors (Lipinski definition) is 1. The Kier molecular flexibility index (Phi) is 6.77. The third kappa shape index (κ3) is 4.95. The van der Waals surface area contributed by atoms with Gasteiger partial charge in [-0.1, -0.05) is 23.2 Å². The lowest BCUT2D eigenvalue weighted by Gasteiger charge is -2.36. The highest BCUT2D eigenvalue weighted by Gasteiger charge is 2.22. The summed E-state index contributed by atoms with van der Waals surface area (Å²) in [5, 5.41) is 4.10. The van der Waals surface area contributed by atoms with Crippen molar-refractivity contribution >= 4 is 34.9 Å². The second-order valence-electron chi connectivity index (χ2n) is 7.50. The molecule has 1 aromatic heterocycles. The van der Waals surface area contributed by atoms with Gasteiger partial charge in [-0.3, -0.25) is 0 Å². The lowest BCUT2D eigenvalue weighted by Crippen LogP contribution is -2.51. The van der Waals surface area contributed by atoms with E-state index in [0.29, 0.717) is 41.3 Å². The largest absolute Gasteiger partial charge is 0.496 e. The molecule has 0 radical (unpaired) electrons. The number of hydrogen-bond acceptors (Lipinski definition) is 5. The Labute approximate surface area is 196 Å². The topological polar surface area (TPSA) is 70.8 Å². The number of aromatic nitrogens is 1. The van der Waals surface area contributed by atoms with Crippen molar-refractivity contribution < 1.29 is 13.9 Å². The van der Waals surface area contributed by atoms with E-state index in [9.17, 15) is 4.79 Å². The second-order valence-corrected chi connectivity index (χ2v) is 8.34. The van der Waals surface area contributed by atoms with Gasteiger partial charge in [0.05, 0.1) is 18.9 Å². The van der Waals surface area contributed by atoms with Crippen LogP contribution in [0.3, 0.4) is 0 Å². The summed E-state index contributed by atoms with van der Waals surface area (Å²) in [5.41, 5.74) is 2.68. The lowest BCUT2D eigenvalue weighted by atomic mass is 10.1. The number of rotatable bonds is 5. The molecule has 1 aliphatic heterocycles. The van der Waals surface area contributed by atoms with E-state index >= 15 is 0 Å². The van der Waals surface area contributed by atoms with E-state index in [-0.39, 0.29) is 6.03 Å². The van der Waals surface area contributed by atoms with Crippen LogP contribution in [0.1, 0.15) is 11.5 Å². The molecule has 1 aliphatic rings. The van der Waals surface area contributed by atoms with Crippen molar-refractivity contribution in [3.63, 3.8) is 0 Å². The molecule has 2 aromatic carbocycles. The average Bonchev–Trinajstić information content (AvgIpc) is 3.25. The minimum absolute atomic E-state index is 0.116. The highest BCUT2D eigenvalue weighted by atomic mass is 35.5. The van der Waals surface area contributed by atoms with Crippen LogP contribution in [0.15, 0.2) is 47.0 Å². The van der Waals surface area contributed by atoms with Crippen LogP contribution in [0.25, 0.3) is 11.3 Å². The summed E-state index contributed by atoms with van der Waals surface area (Å²) in [6.07, 6.45) is 1.70. The van der Waals surface area contributed by atoms with Crippen LogP contribution in [0.4, 0.5) is 10.5 Å². The van der Waals surface area contributed by atoms with Crippen molar-refractivity contribution in [1.82, 2.24) is 15.2 Å². The molecule has 168 valence electrons. The molecule has 0 aliphatic carbocycles. The Morgan fingerprint density at radius 1 is 1.16 bits per heavy atom. The minimum Gasteiger partial charge on any atom is -0.496 e. The smallest absolute Gasteiger partial charge is 0.317 e. The third-order valence-electron chi connectivity index (χ3n) is 5.44. The van der Waals surface area contributed by atoms with Crippen LogP contribution >= 0.6 is 23.2 Å². The SMILES string of the molecule is COc1cc(N2CCN(C(=O)NCc3cc(Cl)ccc3Cl)CC2)ccc1-c1cnc(C)o1. The number of nitrogens with one attached hydrogen (secondary N) is 1. The minimum atomic E-state index is -0.116. The van der Waals surface area contributed by atoms with Crippen LogP contribution in [-0.4, -0.2) is 49.2 Å². The molecule has 9 heteroatoms. The molecule has 0 spiro atoms. The molecular weight excluding hydrogens is 451 g/mol. The Morgan fingerprint density at radius 3 is 2.62 bits per heavy atom. The number of amides is 2. The van der Waals surface area contributed by atoms with Crippen LogP contribution in [0.2, 0.25) is 10.0 Å². The number of halogens is 2. The summed E-state index contributed by atoms with van der Waals surface area (Å²) in [5.74, 6) is 2.00. The summed E-state index contributed by atoms with van der Waals surface area (Å²) in [7, 11) is 1.64. The van der Waals surface area contributed by atoms with E-state index in [4.69, 9.17) is 32.4 Å². The van der Waals surface area contributed by atoms with E-state index < -0.39 is 0 Å². The Balaban J connectivity index is 1.36. The zero-order valence-electron chi connectivity index (χ0n) is 17.9. The second kappa shape index (κ2) is 9.71. The van der Waals surface area contributed by atoms with Gasteiger partial charge in [-0.25, -0.2) is 9.78 Å². The predicted octanol–water partition coefficient (Wildman–Crippen LogP) is 5.00. The predicted molar refractivity (Wildman–Crippen MR) is 126 cm³/mol. The molecule has 0 bridgehead atoms. The van der Waals surface area contributed by atoms with E-state index in [1.54, 1.807) is 36.4 Å². The average molecular weight is 475 g/mol. The van der Waals surface area contributed by atoms with E-state index in [2.05, 4.69) is 15.2 Å². The highest BCUT2D eigenvalue weighted by molar-refractivity contribution is 6.33. The fraction of sp³-hybridized carbons (Fsp3) is 0.304. The van der Waals surface area contributed by atoms with Crippen LogP contribution < -0.4 is 15.0 Å². The zero-order valence-corrected chi connectivity index (χ0v) is 19.4. The van der Waals surface area contributed by atoms with E-state index in [1.165, 1.54) is 0 Å². The number of oxazole rings is 1. The molecule has 0 saturated carbocycles. The first-order chi connectivity index (χ1) is 15.4. The number of ether oxygens (including phenoxy) is 1. The van der Waals surface area contributed by atoms with Crippen molar-refractivity contribution in [3.05, 3.63) is 64.1 Å². The van der Waals surface area contributed by atoms with E-state index in [0.717, 1.165) is 35.7 Å².